The Hall–Kier alpha value is -1.26. The summed E-state index contributed by atoms with van der Waals surface area (Å²) < 4.78 is 7.57. The van der Waals surface area contributed by atoms with Crippen molar-refractivity contribution < 1.29 is 4.42 Å². The van der Waals surface area contributed by atoms with Gasteiger partial charge in [0.25, 0.3) is 0 Å². The van der Waals surface area contributed by atoms with Crippen molar-refractivity contribution >= 4 is 11.6 Å². The number of furan rings is 1. The third-order valence-corrected chi connectivity index (χ3v) is 3.36. The zero-order valence-corrected chi connectivity index (χ0v) is 12.2. The predicted molar refractivity (Wildman–Crippen MR) is 76.3 cm³/mol. The summed E-state index contributed by atoms with van der Waals surface area (Å²) in [4.78, 5) is 4.35. The van der Waals surface area contributed by atoms with Gasteiger partial charge in [0.2, 0.25) is 0 Å². The molecule has 0 bridgehead atoms. The van der Waals surface area contributed by atoms with E-state index >= 15 is 0 Å². The summed E-state index contributed by atoms with van der Waals surface area (Å²) in [7, 11) is 2.01. The molecular formula is C14H20ClN3O. The van der Waals surface area contributed by atoms with Crippen LogP contribution in [0.15, 0.2) is 28.9 Å². The summed E-state index contributed by atoms with van der Waals surface area (Å²) >= 11 is 5.85. The minimum absolute atomic E-state index is 0.184. The molecule has 4 nitrogen and oxygen atoms in total. The molecule has 0 spiro atoms. The van der Waals surface area contributed by atoms with Crippen molar-refractivity contribution in [3.63, 3.8) is 0 Å². The third kappa shape index (κ3) is 3.85. The van der Waals surface area contributed by atoms with Crippen LogP contribution in [0.4, 0.5) is 0 Å². The van der Waals surface area contributed by atoms with Crippen molar-refractivity contribution in [2.75, 3.05) is 6.54 Å². The topological polar surface area (TPSA) is 43.0 Å². The lowest BCUT2D eigenvalue weighted by molar-refractivity contribution is 0.394. The van der Waals surface area contributed by atoms with Crippen LogP contribution in [0.5, 0.6) is 0 Å². The summed E-state index contributed by atoms with van der Waals surface area (Å²) in [6, 6.07) is 3.91. The van der Waals surface area contributed by atoms with E-state index < -0.39 is 0 Å². The Kier molecular flexibility index (Phi) is 5.05. The molecule has 2 rings (SSSR count). The summed E-state index contributed by atoms with van der Waals surface area (Å²) in [6.07, 6.45) is 6.73. The molecule has 0 saturated carbocycles. The summed E-state index contributed by atoms with van der Waals surface area (Å²) in [5.74, 6) is 1.98. The van der Waals surface area contributed by atoms with E-state index in [1.165, 1.54) is 0 Å². The van der Waals surface area contributed by atoms with Gasteiger partial charge in [-0.15, -0.1) is 0 Å². The lowest BCUT2D eigenvalue weighted by Gasteiger charge is -2.16. The predicted octanol–water partition coefficient (Wildman–Crippen LogP) is 3.34. The maximum absolute atomic E-state index is 5.85. The fourth-order valence-corrected chi connectivity index (χ4v) is 2.24. The number of nitrogens with zero attached hydrogens (tertiary/aromatic N) is 2. The molecule has 2 aromatic rings. The molecule has 0 radical (unpaired) electrons. The SMILES string of the molecule is CCCNC(CCc1nccn1C)c1ccc(Cl)o1. The largest absolute Gasteiger partial charge is 0.448 e. The van der Waals surface area contributed by atoms with E-state index in [4.69, 9.17) is 16.0 Å². The molecule has 0 fully saturated rings. The number of rotatable bonds is 7. The molecule has 104 valence electrons. The van der Waals surface area contributed by atoms with Crippen LogP contribution in [0.3, 0.4) is 0 Å². The van der Waals surface area contributed by atoms with Gasteiger partial charge in [-0.3, -0.25) is 0 Å². The molecule has 0 aromatic carbocycles. The molecule has 19 heavy (non-hydrogen) atoms. The van der Waals surface area contributed by atoms with Gasteiger partial charge in [-0.05, 0) is 43.1 Å². The Morgan fingerprint density at radius 1 is 1.47 bits per heavy atom. The summed E-state index contributed by atoms with van der Waals surface area (Å²) in [5.41, 5.74) is 0. The van der Waals surface area contributed by atoms with Crippen LogP contribution in [-0.4, -0.2) is 16.1 Å². The van der Waals surface area contributed by atoms with Crippen molar-refractivity contribution in [3.05, 3.63) is 41.3 Å². The van der Waals surface area contributed by atoms with E-state index in [0.29, 0.717) is 5.22 Å². The number of hydrogen-bond acceptors (Lipinski definition) is 3. The van der Waals surface area contributed by atoms with Gasteiger partial charge in [0, 0.05) is 25.9 Å². The Labute approximate surface area is 118 Å². The lowest BCUT2D eigenvalue weighted by Crippen LogP contribution is -2.22. The van der Waals surface area contributed by atoms with Crippen LogP contribution in [0.2, 0.25) is 5.22 Å². The first kappa shape index (κ1) is 14.2. The van der Waals surface area contributed by atoms with Crippen LogP contribution < -0.4 is 5.32 Å². The summed E-state index contributed by atoms with van der Waals surface area (Å²) in [6.45, 7) is 3.11. The van der Waals surface area contributed by atoms with Gasteiger partial charge >= 0.3 is 0 Å². The fraction of sp³-hybridized carbons (Fsp3) is 0.500. The Bertz CT molecular complexity index is 506. The highest BCUT2D eigenvalue weighted by Crippen LogP contribution is 2.23. The van der Waals surface area contributed by atoms with E-state index in [0.717, 1.165) is 37.4 Å². The monoisotopic (exact) mass is 281 g/mol. The van der Waals surface area contributed by atoms with Crippen molar-refractivity contribution in [3.8, 4) is 0 Å². The first-order valence-corrected chi connectivity index (χ1v) is 7.03. The number of aryl methyl sites for hydroxylation is 2. The van der Waals surface area contributed by atoms with E-state index in [9.17, 15) is 0 Å². The smallest absolute Gasteiger partial charge is 0.193 e. The molecular weight excluding hydrogens is 262 g/mol. The zero-order valence-electron chi connectivity index (χ0n) is 11.4. The molecule has 2 aromatic heterocycles. The molecule has 1 unspecified atom stereocenters. The molecule has 0 aliphatic rings. The van der Waals surface area contributed by atoms with Crippen LogP contribution in [-0.2, 0) is 13.5 Å². The van der Waals surface area contributed by atoms with Gasteiger partial charge in [0.1, 0.15) is 11.6 Å². The molecule has 2 heterocycles. The Morgan fingerprint density at radius 3 is 2.89 bits per heavy atom. The molecule has 0 aliphatic heterocycles. The molecule has 5 heteroatoms. The Balaban J connectivity index is 1.99. The standard InChI is InChI=1S/C14H20ClN3O/c1-3-8-16-11(12-5-6-13(15)19-12)4-7-14-17-9-10-18(14)2/h5-6,9-11,16H,3-4,7-8H2,1-2H3. The molecule has 0 amide bonds. The van der Waals surface area contributed by atoms with Gasteiger partial charge in [-0.1, -0.05) is 6.92 Å². The second-order valence-electron chi connectivity index (χ2n) is 4.64. The first-order chi connectivity index (χ1) is 9.20. The number of imidazole rings is 1. The average Bonchev–Trinajstić information content (AvgIpc) is 2.99. The van der Waals surface area contributed by atoms with Crippen LogP contribution in [0.1, 0.15) is 37.4 Å². The van der Waals surface area contributed by atoms with Crippen LogP contribution in [0.25, 0.3) is 0 Å². The first-order valence-electron chi connectivity index (χ1n) is 6.65. The number of aromatic nitrogens is 2. The third-order valence-electron chi connectivity index (χ3n) is 3.16. The minimum atomic E-state index is 0.184. The zero-order chi connectivity index (χ0) is 13.7. The van der Waals surface area contributed by atoms with Crippen molar-refractivity contribution in [1.29, 1.82) is 0 Å². The Morgan fingerprint density at radius 2 is 2.32 bits per heavy atom. The lowest BCUT2D eigenvalue weighted by atomic mass is 10.1. The van der Waals surface area contributed by atoms with Crippen molar-refractivity contribution in [2.45, 2.75) is 32.2 Å². The minimum Gasteiger partial charge on any atom is -0.448 e. The fourth-order valence-electron chi connectivity index (χ4n) is 2.09. The van der Waals surface area contributed by atoms with E-state index in [2.05, 4.69) is 17.2 Å². The second kappa shape index (κ2) is 6.78. The number of hydrogen-bond donors (Lipinski definition) is 1. The molecule has 1 N–H and O–H groups in total. The van der Waals surface area contributed by atoms with Crippen molar-refractivity contribution in [1.82, 2.24) is 14.9 Å². The molecule has 0 saturated heterocycles. The van der Waals surface area contributed by atoms with E-state index in [1.807, 2.05) is 30.1 Å². The highest BCUT2D eigenvalue weighted by atomic mass is 35.5. The summed E-state index contributed by atoms with van der Waals surface area (Å²) in [5, 5.41) is 3.93. The van der Waals surface area contributed by atoms with Crippen LogP contribution in [0, 0.1) is 0 Å². The van der Waals surface area contributed by atoms with Gasteiger partial charge < -0.3 is 14.3 Å². The van der Waals surface area contributed by atoms with E-state index in [-0.39, 0.29) is 6.04 Å². The van der Waals surface area contributed by atoms with E-state index in [1.54, 1.807) is 6.07 Å². The normalized spacial score (nSPS) is 12.8. The van der Waals surface area contributed by atoms with Gasteiger partial charge in [-0.2, -0.15) is 0 Å². The van der Waals surface area contributed by atoms with Crippen LogP contribution >= 0.6 is 11.6 Å². The second-order valence-corrected chi connectivity index (χ2v) is 5.01. The van der Waals surface area contributed by atoms with Crippen molar-refractivity contribution in [2.24, 2.45) is 7.05 Å². The number of nitrogens with one attached hydrogen (secondary N) is 1. The number of halogens is 1. The van der Waals surface area contributed by atoms with Gasteiger partial charge in [0.05, 0.1) is 6.04 Å². The average molecular weight is 282 g/mol. The highest BCUT2D eigenvalue weighted by Gasteiger charge is 2.15. The maximum atomic E-state index is 5.85. The molecule has 0 aliphatic carbocycles. The highest BCUT2D eigenvalue weighted by molar-refractivity contribution is 6.28. The quantitative estimate of drug-likeness (QED) is 0.846. The molecule has 1 atom stereocenters. The van der Waals surface area contributed by atoms with Gasteiger partial charge in [0.15, 0.2) is 5.22 Å². The maximum Gasteiger partial charge on any atom is 0.193 e. The van der Waals surface area contributed by atoms with Gasteiger partial charge in [-0.25, -0.2) is 4.98 Å².